The molecule has 2 aromatic carbocycles. The van der Waals surface area contributed by atoms with E-state index in [1.54, 1.807) is 18.2 Å². The van der Waals surface area contributed by atoms with Crippen molar-refractivity contribution in [2.24, 2.45) is 0 Å². The summed E-state index contributed by atoms with van der Waals surface area (Å²) in [5.74, 6) is 2.11. The maximum Gasteiger partial charge on any atom is 0.248 e. The molecule has 0 aliphatic carbocycles. The van der Waals surface area contributed by atoms with Crippen molar-refractivity contribution < 1.29 is 9.53 Å². The fourth-order valence-electron chi connectivity index (χ4n) is 3.28. The number of amides is 1. The second kappa shape index (κ2) is 10.3. The lowest BCUT2D eigenvalue weighted by Crippen LogP contribution is -2.36. The molecule has 0 saturated carbocycles. The molecule has 0 unspecified atom stereocenters. The second-order valence-corrected chi connectivity index (χ2v) is 7.77. The number of carbonyl (C=O) groups excluding carboxylic acids is 1. The van der Waals surface area contributed by atoms with E-state index in [4.69, 9.17) is 16.3 Å². The van der Waals surface area contributed by atoms with Gasteiger partial charge in [0.2, 0.25) is 5.91 Å². The monoisotopic (exact) mass is 449 g/mol. The van der Waals surface area contributed by atoms with Crippen LogP contribution in [0, 0.1) is 6.92 Å². The summed E-state index contributed by atoms with van der Waals surface area (Å²) in [7, 11) is 0. The number of aryl methyl sites for hydroxylation is 1. The Morgan fingerprint density at radius 1 is 1.03 bits per heavy atom. The maximum atomic E-state index is 12.2. The average Bonchev–Trinajstić information content (AvgIpc) is 2.80. The highest BCUT2D eigenvalue weighted by molar-refractivity contribution is 6.30. The Labute approximate surface area is 192 Å². The Balaban J connectivity index is 1.37. The summed E-state index contributed by atoms with van der Waals surface area (Å²) in [4.78, 5) is 23.4. The first-order valence-corrected chi connectivity index (χ1v) is 10.7. The van der Waals surface area contributed by atoms with E-state index < -0.39 is 0 Å². The quantitative estimate of drug-likeness (QED) is 0.532. The molecule has 1 aliphatic rings. The minimum absolute atomic E-state index is 0.206. The molecule has 3 aromatic rings. The summed E-state index contributed by atoms with van der Waals surface area (Å²) >= 11 is 5.87. The van der Waals surface area contributed by atoms with Gasteiger partial charge < -0.3 is 20.3 Å². The van der Waals surface area contributed by atoms with Crippen molar-refractivity contribution in [2.75, 3.05) is 41.8 Å². The summed E-state index contributed by atoms with van der Waals surface area (Å²) < 4.78 is 5.42. The van der Waals surface area contributed by atoms with Crippen molar-refractivity contribution in [1.29, 1.82) is 0 Å². The van der Waals surface area contributed by atoms with Gasteiger partial charge in [-0.3, -0.25) is 4.79 Å². The van der Waals surface area contributed by atoms with E-state index in [1.807, 2.05) is 49.4 Å². The SMILES string of the molecule is Cc1nc(Nc2ccc(NC(=O)/C=C/c3ccc(Cl)cc3)cc2)cc(N2CCOCC2)n1. The molecule has 2 N–H and O–H groups in total. The number of hydrogen-bond donors (Lipinski definition) is 2. The Morgan fingerprint density at radius 3 is 2.44 bits per heavy atom. The first-order chi connectivity index (χ1) is 15.5. The number of rotatable bonds is 6. The number of anilines is 4. The highest BCUT2D eigenvalue weighted by Gasteiger charge is 2.14. The molecule has 32 heavy (non-hydrogen) atoms. The van der Waals surface area contributed by atoms with E-state index in [0.29, 0.717) is 29.7 Å². The Morgan fingerprint density at radius 2 is 1.72 bits per heavy atom. The molecular weight excluding hydrogens is 426 g/mol. The Kier molecular flexibility index (Phi) is 6.99. The summed E-state index contributed by atoms with van der Waals surface area (Å²) in [5, 5.41) is 6.82. The third kappa shape index (κ3) is 6.06. The van der Waals surface area contributed by atoms with Crippen molar-refractivity contribution in [2.45, 2.75) is 6.92 Å². The predicted octanol–water partition coefficient (Wildman–Crippen LogP) is 4.67. The van der Waals surface area contributed by atoms with Gasteiger partial charge in [0, 0.05) is 41.6 Å². The number of aromatic nitrogens is 2. The van der Waals surface area contributed by atoms with Gasteiger partial charge in [-0.05, 0) is 55.0 Å². The van der Waals surface area contributed by atoms with E-state index in [0.717, 1.165) is 36.0 Å². The largest absolute Gasteiger partial charge is 0.378 e. The molecule has 2 heterocycles. The summed E-state index contributed by atoms with van der Waals surface area (Å²) in [5.41, 5.74) is 2.47. The molecule has 1 amide bonds. The average molecular weight is 450 g/mol. The molecule has 0 radical (unpaired) electrons. The van der Waals surface area contributed by atoms with Gasteiger partial charge >= 0.3 is 0 Å². The normalized spacial score (nSPS) is 13.9. The maximum absolute atomic E-state index is 12.2. The van der Waals surface area contributed by atoms with E-state index in [9.17, 15) is 4.79 Å². The number of hydrogen-bond acceptors (Lipinski definition) is 6. The zero-order chi connectivity index (χ0) is 22.3. The van der Waals surface area contributed by atoms with E-state index >= 15 is 0 Å². The van der Waals surface area contributed by atoms with Crippen LogP contribution in [0.15, 0.2) is 60.7 Å². The van der Waals surface area contributed by atoms with Crippen molar-refractivity contribution in [3.63, 3.8) is 0 Å². The number of nitrogens with one attached hydrogen (secondary N) is 2. The van der Waals surface area contributed by atoms with Crippen molar-refractivity contribution in [3.8, 4) is 0 Å². The lowest BCUT2D eigenvalue weighted by molar-refractivity contribution is -0.111. The summed E-state index contributed by atoms with van der Waals surface area (Å²) in [6.45, 7) is 4.92. The number of nitrogens with zero attached hydrogens (tertiary/aromatic N) is 3. The van der Waals surface area contributed by atoms with Gasteiger partial charge in [-0.2, -0.15) is 0 Å². The molecule has 0 spiro atoms. The molecule has 1 aromatic heterocycles. The van der Waals surface area contributed by atoms with Crippen LogP contribution in [0.1, 0.15) is 11.4 Å². The smallest absolute Gasteiger partial charge is 0.248 e. The molecule has 1 saturated heterocycles. The van der Waals surface area contributed by atoms with E-state index in [-0.39, 0.29) is 5.91 Å². The minimum atomic E-state index is -0.206. The molecule has 4 rings (SSSR count). The molecule has 7 nitrogen and oxygen atoms in total. The number of morpholine rings is 1. The summed E-state index contributed by atoms with van der Waals surface area (Å²) in [6, 6.07) is 16.7. The van der Waals surface area contributed by atoms with Crippen LogP contribution in [0.2, 0.25) is 5.02 Å². The van der Waals surface area contributed by atoms with Gasteiger partial charge in [-0.15, -0.1) is 0 Å². The fourth-order valence-corrected chi connectivity index (χ4v) is 3.41. The van der Waals surface area contributed by atoms with E-state index in [2.05, 4.69) is 25.5 Å². The number of benzene rings is 2. The first kappa shape index (κ1) is 21.8. The highest BCUT2D eigenvalue weighted by atomic mass is 35.5. The lowest BCUT2D eigenvalue weighted by Gasteiger charge is -2.28. The van der Waals surface area contributed by atoms with Crippen LogP contribution < -0.4 is 15.5 Å². The van der Waals surface area contributed by atoms with Gasteiger partial charge in [0.05, 0.1) is 13.2 Å². The van der Waals surface area contributed by atoms with Crippen molar-refractivity contribution >= 4 is 46.6 Å². The third-order valence-corrected chi connectivity index (χ3v) is 5.13. The molecule has 0 atom stereocenters. The van der Waals surface area contributed by atoms with Crippen LogP contribution in [0.3, 0.4) is 0 Å². The van der Waals surface area contributed by atoms with Crippen LogP contribution >= 0.6 is 11.6 Å². The van der Waals surface area contributed by atoms with Gasteiger partial charge in [-0.1, -0.05) is 23.7 Å². The minimum Gasteiger partial charge on any atom is -0.378 e. The molecule has 1 fully saturated rings. The van der Waals surface area contributed by atoms with Gasteiger partial charge in [-0.25, -0.2) is 9.97 Å². The van der Waals surface area contributed by atoms with Crippen LogP contribution in [0.5, 0.6) is 0 Å². The zero-order valence-corrected chi connectivity index (χ0v) is 18.5. The highest BCUT2D eigenvalue weighted by Crippen LogP contribution is 2.22. The fraction of sp³-hybridized carbons (Fsp3) is 0.208. The standard InChI is InChI=1S/C24H24ClN5O2/c1-17-26-22(16-23(27-17)30-12-14-32-15-13-30)28-20-7-9-21(10-8-20)29-24(31)11-4-18-2-5-19(25)6-3-18/h2-11,16H,12-15H2,1H3,(H,29,31)(H,26,27,28)/b11-4+. The topological polar surface area (TPSA) is 79.4 Å². The molecule has 8 heteroatoms. The van der Waals surface area contributed by atoms with Crippen LogP contribution in [-0.2, 0) is 9.53 Å². The van der Waals surface area contributed by atoms with Gasteiger partial charge in [0.1, 0.15) is 17.5 Å². The van der Waals surface area contributed by atoms with Crippen molar-refractivity contribution in [3.05, 3.63) is 77.1 Å². The van der Waals surface area contributed by atoms with Gasteiger partial charge in [0.15, 0.2) is 0 Å². The van der Waals surface area contributed by atoms with Crippen LogP contribution in [0.25, 0.3) is 6.08 Å². The third-order valence-electron chi connectivity index (χ3n) is 4.88. The lowest BCUT2D eigenvalue weighted by atomic mass is 10.2. The number of halogens is 1. The first-order valence-electron chi connectivity index (χ1n) is 10.4. The van der Waals surface area contributed by atoms with Gasteiger partial charge in [0.25, 0.3) is 0 Å². The van der Waals surface area contributed by atoms with E-state index in [1.165, 1.54) is 6.08 Å². The van der Waals surface area contributed by atoms with Crippen LogP contribution in [-0.4, -0.2) is 42.2 Å². The molecule has 164 valence electrons. The molecule has 0 bridgehead atoms. The predicted molar refractivity (Wildman–Crippen MR) is 129 cm³/mol. The Bertz CT molecular complexity index is 1090. The second-order valence-electron chi connectivity index (χ2n) is 7.33. The zero-order valence-electron chi connectivity index (χ0n) is 17.7. The molecule has 1 aliphatic heterocycles. The summed E-state index contributed by atoms with van der Waals surface area (Å²) in [6.07, 6.45) is 3.23. The number of carbonyl (C=O) groups is 1. The Hall–Kier alpha value is -3.42. The van der Waals surface area contributed by atoms with Crippen LogP contribution in [0.4, 0.5) is 23.0 Å². The molecular formula is C24H24ClN5O2. The van der Waals surface area contributed by atoms with Crippen molar-refractivity contribution in [1.82, 2.24) is 9.97 Å². The number of ether oxygens (including phenoxy) is 1.